The molecule has 0 saturated heterocycles. The summed E-state index contributed by atoms with van der Waals surface area (Å²) >= 11 is 5.75. The van der Waals surface area contributed by atoms with Gasteiger partial charge >= 0.3 is 0 Å². The van der Waals surface area contributed by atoms with Crippen molar-refractivity contribution < 1.29 is 14.3 Å². The van der Waals surface area contributed by atoms with Crippen molar-refractivity contribution in [3.63, 3.8) is 0 Å². The van der Waals surface area contributed by atoms with E-state index in [2.05, 4.69) is 4.99 Å². The van der Waals surface area contributed by atoms with E-state index < -0.39 is 5.82 Å². The number of Topliss-reactive ketones (excluding diaryl/α,β-unsaturated/α-hetero) is 1. The average molecular weight is 256 g/mol. The quantitative estimate of drug-likeness (QED) is 0.510. The van der Waals surface area contributed by atoms with E-state index in [4.69, 9.17) is 11.6 Å². The highest BCUT2D eigenvalue weighted by atomic mass is 35.5. The first-order valence-electron chi connectivity index (χ1n) is 4.82. The number of aliphatic hydroxyl groups is 1. The van der Waals surface area contributed by atoms with Crippen LogP contribution in [0.1, 0.15) is 13.8 Å². The van der Waals surface area contributed by atoms with Crippen molar-refractivity contribution in [1.29, 1.82) is 0 Å². The Kier molecular flexibility index (Phi) is 4.40. The number of benzene rings is 1. The number of aliphatic imine (C=N–C) groups is 1. The summed E-state index contributed by atoms with van der Waals surface area (Å²) in [5, 5.41) is 9.38. The highest BCUT2D eigenvalue weighted by molar-refractivity contribution is 6.33. The summed E-state index contributed by atoms with van der Waals surface area (Å²) in [6.45, 7) is 2.63. The standard InChI is InChI=1S/C12H11ClFNO2/c1-7(16)9(8(2)17)6-15-12-10(13)4-3-5-11(12)14/h3-6,16H,1-2H3/b9-7+,15-6?. The van der Waals surface area contributed by atoms with Crippen molar-refractivity contribution in [3.05, 3.63) is 40.4 Å². The van der Waals surface area contributed by atoms with Gasteiger partial charge in [0.25, 0.3) is 0 Å². The fraction of sp³-hybridized carbons (Fsp3) is 0.167. The molecule has 0 aliphatic rings. The van der Waals surface area contributed by atoms with Gasteiger partial charge in [0.15, 0.2) is 5.78 Å². The van der Waals surface area contributed by atoms with Crippen molar-refractivity contribution in [2.24, 2.45) is 4.99 Å². The van der Waals surface area contributed by atoms with Gasteiger partial charge in [-0.05, 0) is 26.0 Å². The molecule has 0 aliphatic carbocycles. The lowest BCUT2D eigenvalue weighted by molar-refractivity contribution is -0.113. The van der Waals surface area contributed by atoms with Gasteiger partial charge in [0, 0.05) is 6.21 Å². The van der Waals surface area contributed by atoms with E-state index in [0.717, 1.165) is 6.21 Å². The number of rotatable bonds is 3. The van der Waals surface area contributed by atoms with E-state index in [-0.39, 0.29) is 27.8 Å². The first-order valence-corrected chi connectivity index (χ1v) is 5.20. The fourth-order valence-corrected chi connectivity index (χ4v) is 1.39. The maximum absolute atomic E-state index is 13.3. The molecule has 1 aromatic rings. The second-order valence-corrected chi connectivity index (χ2v) is 3.79. The maximum atomic E-state index is 13.3. The number of hydrogen-bond acceptors (Lipinski definition) is 3. The van der Waals surface area contributed by atoms with Crippen molar-refractivity contribution >= 4 is 29.3 Å². The summed E-state index contributed by atoms with van der Waals surface area (Å²) in [5.41, 5.74) is -0.0431. The highest BCUT2D eigenvalue weighted by Crippen LogP contribution is 2.27. The van der Waals surface area contributed by atoms with Gasteiger partial charge in [-0.1, -0.05) is 17.7 Å². The first-order chi connectivity index (χ1) is 7.93. The molecule has 5 heteroatoms. The zero-order valence-electron chi connectivity index (χ0n) is 9.37. The summed E-state index contributed by atoms with van der Waals surface area (Å²) in [5.74, 6) is -1.12. The summed E-state index contributed by atoms with van der Waals surface area (Å²) in [7, 11) is 0. The number of allylic oxidation sites excluding steroid dienone is 2. The van der Waals surface area contributed by atoms with Crippen LogP contribution in [0.3, 0.4) is 0 Å². The van der Waals surface area contributed by atoms with Crippen molar-refractivity contribution in [3.8, 4) is 0 Å². The maximum Gasteiger partial charge on any atom is 0.164 e. The molecule has 0 aliphatic heterocycles. The Morgan fingerprint density at radius 1 is 1.47 bits per heavy atom. The minimum absolute atomic E-state index is 0.0179. The molecule has 1 rings (SSSR count). The Morgan fingerprint density at radius 3 is 2.59 bits per heavy atom. The summed E-state index contributed by atoms with van der Waals surface area (Å²) in [6, 6.07) is 4.15. The first kappa shape index (κ1) is 13.4. The Morgan fingerprint density at radius 2 is 2.12 bits per heavy atom. The average Bonchev–Trinajstić information content (AvgIpc) is 2.21. The predicted octanol–water partition coefficient (Wildman–Crippen LogP) is 3.60. The van der Waals surface area contributed by atoms with Gasteiger partial charge in [-0.15, -0.1) is 0 Å². The molecular weight excluding hydrogens is 245 g/mol. The number of carbonyl (C=O) groups excluding carboxylic acids is 1. The highest BCUT2D eigenvalue weighted by Gasteiger charge is 2.08. The third kappa shape index (κ3) is 3.39. The lowest BCUT2D eigenvalue weighted by Crippen LogP contribution is -2.01. The third-order valence-corrected chi connectivity index (χ3v) is 2.33. The van der Waals surface area contributed by atoms with E-state index in [1.165, 1.54) is 32.0 Å². The summed E-state index contributed by atoms with van der Waals surface area (Å²) in [6.07, 6.45) is 1.10. The van der Waals surface area contributed by atoms with E-state index >= 15 is 0 Å². The van der Waals surface area contributed by atoms with Crippen LogP contribution in [0.4, 0.5) is 10.1 Å². The molecule has 0 spiro atoms. The van der Waals surface area contributed by atoms with Gasteiger partial charge in [-0.25, -0.2) is 4.39 Å². The van der Waals surface area contributed by atoms with Crippen molar-refractivity contribution in [2.45, 2.75) is 13.8 Å². The molecule has 0 saturated carbocycles. The van der Waals surface area contributed by atoms with Crippen LogP contribution in [0, 0.1) is 5.82 Å². The number of halogens is 2. The lowest BCUT2D eigenvalue weighted by Gasteiger charge is -2.01. The van der Waals surface area contributed by atoms with Crippen LogP contribution >= 0.6 is 11.6 Å². The molecule has 0 heterocycles. The van der Waals surface area contributed by atoms with Crippen LogP contribution in [-0.2, 0) is 4.79 Å². The fourth-order valence-electron chi connectivity index (χ4n) is 1.18. The molecule has 0 amide bonds. The molecule has 0 unspecified atom stereocenters. The molecule has 0 atom stereocenters. The van der Waals surface area contributed by atoms with Crippen LogP contribution in [0.2, 0.25) is 5.02 Å². The van der Waals surface area contributed by atoms with Crippen LogP contribution in [0.5, 0.6) is 0 Å². The molecule has 90 valence electrons. The number of nitrogens with zero attached hydrogens (tertiary/aromatic N) is 1. The Hall–Kier alpha value is -1.68. The molecule has 0 aromatic heterocycles. The Labute approximate surface area is 103 Å². The van der Waals surface area contributed by atoms with E-state index in [9.17, 15) is 14.3 Å². The van der Waals surface area contributed by atoms with E-state index in [1.807, 2.05) is 0 Å². The van der Waals surface area contributed by atoms with Crippen LogP contribution < -0.4 is 0 Å². The SMILES string of the molecule is CC(=O)/C(C=Nc1c(F)cccc1Cl)=C(\C)O. The topological polar surface area (TPSA) is 49.7 Å². The molecule has 1 aromatic carbocycles. The number of ketones is 1. The minimum Gasteiger partial charge on any atom is -0.512 e. The molecule has 0 bridgehead atoms. The summed E-state index contributed by atoms with van der Waals surface area (Å²) < 4.78 is 13.3. The number of para-hydroxylation sites is 1. The molecule has 0 fully saturated rings. The Bertz CT molecular complexity index is 485. The second-order valence-electron chi connectivity index (χ2n) is 3.38. The summed E-state index contributed by atoms with van der Waals surface area (Å²) in [4.78, 5) is 14.9. The van der Waals surface area contributed by atoms with Gasteiger partial charge in [-0.2, -0.15) is 0 Å². The number of aliphatic hydroxyl groups excluding tert-OH is 1. The van der Waals surface area contributed by atoms with Crippen molar-refractivity contribution in [1.82, 2.24) is 0 Å². The normalized spacial score (nSPS) is 12.7. The molecule has 0 radical (unpaired) electrons. The van der Waals surface area contributed by atoms with E-state index in [0.29, 0.717) is 0 Å². The smallest absolute Gasteiger partial charge is 0.164 e. The van der Waals surface area contributed by atoms with Crippen molar-refractivity contribution in [2.75, 3.05) is 0 Å². The number of carbonyl (C=O) groups is 1. The minimum atomic E-state index is -0.591. The third-order valence-electron chi connectivity index (χ3n) is 2.03. The molecular formula is C12H11ClFNO2. The van der Waals surface area contributed by atoms with Gasteiger partial charge in [0.1, 0.15) is 17.3 Å². The van der Waals surface area contributed by atoms with Crippen LogP contribution in [0.25, 0.3) is 0 Å². The second kappa shape index (κ2) is 5.59. The zero-order valence-corrected chi connectivity index (χ0v) is 10.1. The molecule has 1 N–H and O–H groups in total. The van der Waals surface area contributed by atoms with Crippen LogP contribution in [0.15, 0.2) is 34.5 Å². The zero-order chi connectivity index (χ0) is 13.0. The van der Waals surface area contributed by atoms with Gasteiger partial charge in [0.05, 0.1) is 10.6 Å². The monoisotopic (exact) mass is 255 g/mol. The van der Waals surface area contributed by atoms with E-state index in [1.54, 1.807) is 0 Å². The predicted molar refractivity (Wildman–Crippen MR) is 65.6 cm³/mol. The molecule has 3 nitrogen and oxygen atoms in total. The molecule has 17 heavy (non-hydrogen) atoms. The van der Waals surface area contributed by atoms with Gasteiger partial charge in [-0.3, -0.25) is 9.79 Å². The number of hydrogen-bond donors (Lipinski definition) is 1. The van der Waals surface area contributed by atoms with Crippen LogP contribution in [-0.4, -0.2) is 17.1 Å². The van der Waals surface area contributed by atoms with Gasteiger partial charge in [0.2, 0.25) is 0 Å². The lowest BCUT2D eigenvalue weighted by atomic mass is 10.2. The largest absolute Gasteiger partial charge is 0.512 e. The Balaban J connectivity index is 3.14. The van der Waals surface area contributed by atoms with Gasteiger partial charge < -0.3 is 5.11 Å².